The quantitative estimate of drug-likeness (QED) is 0.727. The first-order valence-corrected chi connectivity index (χ1v) is 6.53. The van der Waals surface area contributed by atoms with Gasteiger partial charge in [0.2, 0.25) is 0 Å². The summed E-state index contributed by atoms with van der Waals surface area (Å²) in [4.78, 5) is 16.6. The number of hydrogen-bond donors (Lipinski definition) is 0. The molecule has 0 bridgehead atoms. The van der Waals surface area contributed by atoms with E-state index in [4.69, 9.17) is 0 Å². The molecule has 2 unspecified atom stereocenters. The highest BCUT2D eigenvalue weighted by molar-refractivity contribution is 5.97. The zero-order valence-corrected chi connectivity index (χ0v) is 10.9. The van der Waals surface area contributed by atoms with E-state index < -0.39 is 0 Å². The highest BCUT2D eigenvalue weighted by Gasteiger charge is 2.29. The lowest BCUT2D eigenvalue weighted by molar-refractivity contribution is 0.0836. The van der Waals surface area contributed by atoms with E-state index in [1.807, 2.05) is 19.1 Å². The predicted octanol–water partition coefficient (Wildman–Crippen LogP) is 3.65. The second-order valence-electron chi connectivity index (χ2n) is 5.66. The second-order valence-corrected chi connectivity index (χ2v) is 5.66. The molecule has 1 aromatic rings. The molecule has 2 rings (SSSR count). The average molecular weight is 231 g/mol. The normalized spacial score (nSPS) is 29.0. The van der Waals surface area contributed by atoms with Crippen LogP contribution < -0.4 is 0 Å². The van der Waals surface area contributed by atoms with Crippen LogP contribution in [0.3, 0.4) is 0 Å². The van der Waals surface area contributed by atoms with Crippen molar-refractivity contribution in [3.8, 4) is 0 Å². The fourth-order valence-corrected chi connectivity index (χ4v) is 3.10. The lowest BCUT2D eigenvalue weighted by atomic mass is 9.74. The van der Waals surface area contributed by atoms with Crippen molar-refractivity contribution in [1.82, 2.24) is 4.98 Å². The molecular weight excluding hydrogens is 210 g/mol. The maximum atomic E-state index is 12.4. The van der Waals surface area contributed by atoms with Gasteiger partial charge in [0.25, 0.3) is 0 Å². The zero-order valence-electron chi connectivity index (χ0n) is 10.9. The predicted molar refractivity (Wildman–Crippen MR) is 69.0 cm³/mol. The van der Waals surface area contributed by atoms with Crippen molar-refractivity contribution in [3.63, 3.8) is 0 Å². The van der Waals surface area contributed by atoms with E-state index >= 15 is 0 Å². The molecule has 1 aliphatic rings. The minimum Gasteiger partial charge on any atom is -0.294 e. The maximum absolute atomic E-state index is 12.4. The first-order valence-electron chi connectivity index (χ1n) is 6.53. The Morgan fingerprint density at radius 3 is 2.47 bits per heavy atom. The van der Waals surface area contributed by atoms with Gasteiger partial charge in [-0.3, -0.25) is 9.78 Å². The highest BCUT2D eigenvalue weighted by Crippen LogP contribution is 2.34. The van der Waals surface area contributed by atoms with Crippen LogP contribution in [0.25, 0.3) is 0 Å². The molecule has 0 spiro atoms. The Kier molecular flexibility index (Phi) is 3.60. The number of rotatable bonds is 2. The average Bonchev–Trinajstić information content (AvgIpc) is 2.26. The van der Waals surface area contributed by atoms with Crippen molar-refractivity contribution in [2.24, 2.45) is 17.8 Å². The summed E-state index contributed by atoms with van der Waals surface area (Å²) in [5, 5.41) is 0. The Bertz CT molecular complexity index is 403. The summed E-state index contributed by atoms with van der Waals surface area (Å²) in [5.74, 6) is 1.88. The number of hydrogen-bond acceptors (Lipinski definition) is 2. The second kappa shape index (κ2) is 4.99. The topological polar surface area (TPSA) is 30.0 Å². The minimum absolute atomic E-state index is 0.218. The fourth-order valence-electron chi connectivity index (χ4n) is 3.10. The van der Waals surface area contributed by atoms with Crippen LogP contribution in [0.5, 0.6) is 0 Å². The standard InChI is InChI=1S/C15H21NO/c1-10-6-11(2)8-14(7-10)15(17)13-4-5-16-12(3)9-13/h4-5,9-11,14H,6-8H2,1-3H3. The number of carbonyl (C=O) groups is 1. The van der Waals surface area contributed by atoms with E-state index in [1.54, 1.807) is 6.20 Å². The lowest BCUT2D eigenvalue weighted by Gasteiger charge is -2.30. The molecule has 1 fully saturated rings. The van der Waals surface area contributed by atoms with Crippen LogP contribution in [0, 0.1) is 24.7 Å². The number of nitrogens with zero attached hydrogens (tertiary/aromatic N) is 1. The van der Waals surface area contributed by atoms with Gasteiger partial charge in [-0.05, 0) is 50.2 Å². The van der Waals surface area contributed by atoms with Crippen LogP contribution >= 0.6 is 0 Å². The molecule has 1 aliphatic carbocycles. The summed E-state index contributed by atoms with van der Waals surface area (Å²) in [6.45, 7) is 6.45. The SMILES string of the molecule is Cc1cc(C(=O)C2CC(C)CC(C)C2)ccn1. The summed E-state index contributed by atoms with van der Waals surface area (Å²) in [6, 6.07) is 3.76. The molecule has 0 aliphatic heterocycles. The van der Waals surface area contributed by atoms with Crippen molar-refractivity contribution < 1.29 is 4.79 Å². The van der Waals surface area contributed by atoms with E-state index in [0.29, 0.717) is 17.6 Å². The molecule has 92 valence electrons. The molecule has 17 heavy (non-hydrogen) atoms. The van der Waals surface area contributed by atoms with Crippen LogP contribution in [0.1, 0.15) is 49.2 Å². The summed E-state index contributed by atoms with van der Waals surface area (Å²) in [7, 11) is 0. The van der Waals surface area contributed by atoms with Gasteiger partial charge >= 0.3 is 0 Å². The molecule has 2 atom stereocenters. The number of ketones is 1. The van der Waals surface area contributed by atoms with Gasteiger partial charge in [0.05, 0.1) is 0 Å². The molecule has 0 N–H and O–H groups in total. The molecule has 2 nitrogen and oxygen atoms in total. The third kappa shape index (κ3) is 2.93. The number of aryl methyl sites for hydroxylation is 1. The maximum Gasteiger partial charge on any atom is 0.166 e. The Morgan fingerprint density at radius 2 is 1.88 bits per heavy atom. The molecule has 0 radical (unpaired) electrons. The molecule has 2 heteroatoms. The van der Waals surface area contributed by atoms with E-state index in [1.165, 1.54) is 6.42 Å². The number of carbonyl (C=O) groups excluding carboxylic acids is 1. The first kappa shape index (κ1) is 12.3. The monoisotopic (exact) mass is 231 g/mol. The van der Waals surface area contributed by atoms with Crippen LogP contribution in [-0.4, -0.2) is 10.8 Å². The number of pyridine rings is 1. The fraction of sp³-hybridized carbons (Fsp3) is 0.600. The summed E-state index contributed by atoms with van der Waals surface area (Å²) < 4.78 is 0. The van der Waals surface area contributed by atoms with Crippen molar-refractivity contribution >= 4 is 5.78 Å². The van der Waals surface area contributed by atoms with Gasteiger partial charge in [-0.25, -0.2) is 0 Å². The van der Waals surface area contributed by atoms with Crippen LogP contribution in [0.15, 0.2) is 18.3 Å². The molecule has 1 heterocycles. The molecule has 1 saturated carbocycles. The van der Waals surface area contributed by atoms with E-state index in [-0.39, 0.29) is 5.92 Å². The van der Waals surface area contributed by atoms with Crippen molar-refractivity contribution in [2.75, 3.05) is 0 Å². The smallest absolute Gasteiger partial charge is 0.166 e. The van der Waals surface area contributed by atoms with Gasteiger partial charge in [-0.1, -0.05) is 13.8 Å². The summed E-state index contributed by atoms with van der Waals surface area (Å²) in [5.41, 5.74) is 1.76. The van der Waals surface area contributed by atoms with Crippen molar-refractivity contribution in [1.29, 1.82) is 0 Å². The molecule has 0 aromatic carbocycles. The molecular formula is C15H21NO. The van der Waals surface area contributed by atoms with Crippen LogP contribution in [0.4, 0.5) is 0 Å². The Balaban J connectivity index is 2.14. The minimum atomic E-state index is 0.218. The van der Waals surface area contributed by atoms with Crippen molar-refractivity contribution in [3.05, 3.63) is 29.6 Å². The van der Waals surface area contributed by atoms with Gasteiger partial charge < -0.3 is 0 Å². The molecule has 0 amide bonds. The Labute approximate surface area is 103 Å². The Morgan fingerprint density at radius 1 is 1.24 bits per heavy atom. The highest BCUT2D eigenvalue weighted by atomic mass is 16.1. The summed E-state index contributed by atoms with van der Waals surface area (Å²) in [6.07, 6.45) is 5.09. The first-order chi connectivity index (χ1) is 8.06. The van der Waals surface area contributed by atoms with Gasteiger partial charge in [0, 0.05) is 23.4 Å². The third-order valence-corrected chi connectivity index (χ3v) is 3.73. The van der Waals surface area contributed by atoms with Crippen LogP contribution in [-0.2, 0) is 0 Å². The largest absolute Gasteiger partial charge is 0.294 e. The third-order valence-electron chi connectivity index (χ3n) is 3.73. The van der Waals surface area contributed by atoms with Gasteiger partial charge in [0.1, 0.15) is 0 Å². The molecule has 0 saturated heterocycles. The van der Waals surface area contributed by atoms with E-state index in [0.717, 1.165) is 24.1 Å². The van der Waals surface area contributed by atoms with Gasteiger partial charge in [-0.2, -0.15) is 0 Å². The van der Waals surface area contributed by atoms with Crippen molar-refractivity contribution in [2.45, 2.75) is 40.0 Å². The lowest BCUT2D eigenvalue weighted by Crippen LogP contribution is -2.26. The van der Waals surface area contributed by atoms with Gasteiger partial charge in [0.15, 0.2) is 5.78 Å². The summed E-state index contributed by atoms with van der Waals surface area (Å²) >= 11 is 0. The van der Waals surface area contributed by atoms with Crippen LogP contribution in [0.2, 0.25) is 0 Å². The van der Waals surface area contributed by atoms with Gasteiger partial charge in [-0.15, -0.1) is 0 Å². The zero-order chi connectivity index (χ0) is 12.4. The van der Waals surface area contributed by atoms with E-state index in [9.17, 15) is 4.79 Å². The van der Waals surface area contributed by atoms with E-state index in [2.05, 4.69) is 18.8 Å². The Hall–Kier alpha value is -1.18. The molecule has 1 aromatic heterocycles. The number of aromatic nitrogens is 1. The number of Topliss-reactive ketones (excluding diaryl/α,β-unsaturated/α-hetero) is 1.